The Kier molecular flexibility index (Phi) is 2.70. The number of anilines is 1. The molecule has 1 N–H and O–H groups in total. The molecule has 0 unspecified atom stereocenters. The highest BCUT2D eigenvalue weighted by Gasteiger charge is 2.18. The molecule has 1 aromatic carbocycles. The van der Waals surface area contributed by atoms with Gasteiger partial charge in [0.15, 0.2) is 16.8 Å². The minimum absolute atomic E-state index is 0.0999. The van der Waals surface area contributed by atoms with Crippen LogP contribution in [0.15, 0.2) is 33.5 Å². The Morgan fingerprint density at radius 2 is 2.10 bits per heavy atom. The molecule has 0 saturated carbocycles. The largest absolute Gasteiger partial charge is 0.450 e. The van der Waals surface area contributed by atoms with Crippen LogP contribution < -0.4 is 10.3 Å². The third-order valence-electron chi connectivity index (χ3n) is 3.75. The van der Waals surface area contributed by atoms with Crippen LogP contribution >= 0.6 is 0 Å². The van der Waals surface area contributed by atoms with Crippen molar-refractivity contribution in [1.29, 1.82) is 0 Å². The van der Waals surface area contributed by atoms with E-state index in [9.17, 15) is 4.79 Å². The Morgan fingerprint density at radius 1 is 1.24 bits per heavy atom. The molecule has 7 heteroatoms. The van der Waals surface area contributed by atoms with Crippen molar-refractivity contribution in [2.24, 2.45) is 0 Å². The SMILES string of the molecule is O=c1cc(-c2nn[nH]n2)oc2c(N3CCCC3)cccc12. The summed E-state index contributed by atoms with van der Waals surface area (Å²) in [5, 5.41) is 14.2. The molecule has 0 bridgehead atoms. The molecule has 3 heterocycles. The highest BCUT2D eigenvalue weighted by Crippen LogP contribution is 2.30. The van der Waals surface area contributed by atoms with E-state index in [-0.39, 0.29) is 11.3 Å². The number of H-pyrrole nitrogens is 1. The molecular weight excluding hydrogens is 270 g/mol. The van der Waals surface area contributed by atoms with Crippen molar-refractivity contribution in [1.82, 2.24) is 20.6 Å². The first-order chi connectivity index (χ1) is 10.3. The summed E-state index contributed by atoms with van der Waals surface area (Å²) >= 11 is 0. The number of nitrogens with one attached hydrogen (secondary N) is 1. The molecule has 1 aliphatic heterocycles. The zero-order valence-corrected chi connectivity index (χ0v) is 11.2. The third kappa shape index (κ3) is 1.97. The third-order valence-corrected chi connectivity index (χ3v) is 3.75. The predicted octanol–water partition coefficient (Wildman–Crippen LogP) is 1.57. The van der Waals surface area contributed by atoms with Crippen LogP contribution in [-0.2, 0) is 0 Å². The second-order valence-electron chi connectivity index (χ2n) is 5.06. The van der Waals surface area contributed by atoms with Crippen LogP contribution in [0.5, 0.6) is 0 Å². The predicted molar refractivity (Wildman–Crippen MR) is 77.1 cm³/mol. The van der Waals surface area contributed by atoms with Crippen LogP contribution in [0.3, 0.4) is 0 Å². The fourth-order valence-corrected chi connectivity index (χ4v) is 2.75. The Balaban J connectivity index is 1.97. The molecule has 0 spiro atoms. The summed E-state index contributed by atoms with van der Waals surface area (Å²) in [5.74, 6) is 0.609. The lowest BCUT2D eigenvalue weighted by atomic mass is 10.2. The van der Waals surface area contributed by atoms with Gasteiger partial charge in [-0.3, -0.25) is 4.79 Å². The molecule has 0 aliphatic carbocycles. The lowest BCUT2D eigenvalue weighted by Gasteiger charge is -2.18. The molecule has 3 aromatic rings. The molecule has 1 saturated heterocycles. The zero-order chi connectivity index (χ0) is 14.2. The highest BCUT2D eigenvalue weighted by molar-refractivity contribution is 5.89. The van der Waals surface area contributed by atoms with Gasteiger partial charge in [0.1, 0.15) is 0 Å². The molecule has 1 aliphatic rings. The second-order valence-corrected chi connectivity index (χ2v) is 5.06. The molecule has 2 aromatic heterocycles. The smallest absolute Gasteiger partial charge is 0.239 e. The van der Waals surface area contributed by atoms with Gasteiger partial charge in [-0.2, -0.15) is 5.21 Å². The topological polar surface area (TPSA) is 87.9 Å². The molecule has 21 heavy (non-hydrogen) atoms. The Hall–Kier alpha value is -2.70. The van der Waals surface area contributed by atoms with E-state index in [0.29, 0.717) is 16.7 Å². The van der Waals surface area contributed by atoms with Crippen molar-refractivity contribution in [2.75, 3.05) is 18.0 Å². The monoisotopic (exact) mass is 283 g/mol. The average Bonchev–Trinajstić information content (AvgIpc) is 3.20. The number of aromatic amines is 1. The molecule has 4 rings (SSSR count). The van der Waals surface area contributed by atoms with Gasteiger partial charge in [0, 0.05) is 19.2 Å². The molecule has 106 valence electrons. The summed E-state index contributed by atoms with van der Waals surface area (Å²) in [6.07, 6.45) is 2.32. The van der Waals surface area contributed by atoms with Gasteiger partial charge in [0.25, 0.3) is 0 Å². The van der Waals surface area contributed by atoms with E-state index < -0.39 is 0 Å². The number of hydrogen-bond acceptors (Lipinski definition) is 6. The first-order valence-corrected chi connectivity index (χ1v) is 6.88. The summed E-state index contributed by atoms with van der Waals surface area (Å²) in [6.45, 7) is 1.96. The van der Waals surface area contributed by atoms with Gasteiger partial charge in [-0.15, -0.1) is 10.2 Å². The average molecular weight is 283 g/mol. The van der Waals surface area contributed by atoms with Crippen LogP contribution in [0.1, 0.15) is 12.8 Å². The van der Waals surface area contributed by atoms with Gasteiger partial charge < -0.3 is 9.32 Å². The van der Waals surface area contributed by atoms with Crippen molar-refractivity contribution in [2.45, 2.75) is 12.8 Å². The van der Waals surface area contributed by atoms with Crippen molar-refractivity contribution in [3.05, 3.63) is 34.5 Å². The lowest BCUT2D eigenvalue weighted by Crippen LogP contribution is -2.18. The van der Waals surface area contributed by atoms with Gasteiger partial charge in [-0.1, -0.05) is 6.07 Å². The molecule has 0 amide bonds. The van der Waals surface area contributed by atoms with E-state index in [4.69, 9.17) is 4.42 Å². The Labute approximate surface area is 119 Å². The van der Waals surface area contributed by atoms with Crippen LogP contribution in [0.25, 0.3) is 22.6 Å². The maximum Gasteiger partial charge on any atom is 0.239 e. The van der Waals surface area contributed by atoms with Gasteiger partial charge in [0.05, 0.1) is 11.1 Å². The molecular formula is C14H13N5O2. The maximum atomic E-state index is 12.3. The van der Waals surface area contributed by atoms with Crippen molar-refractivity contribution in [3.8, 4) is 11.6 Å². The van der Waals surface area contributed by atoms with E-state index >= 15 is 0 Å². The quantitative estimate of drug-likeness (QED) is 0.768. The molecule has 1 fully saturated rings. The number of aromatic nitrogens is 4. The maximum absolute atomic E-state index is 12.3. The van der Waals surface area contributed by atoms with E-state index in [2.05, 4.69) is 25.5 Å². The number of nitrogens with zero attached hydrogens (tertiary/aromatic N) is 4. The standard InChI is InChI=1S/C14H13N5O2/c20-11-8-12(14-15-17-18-16-14)21-13-9(11)4-3-5-10(13)19-6-1-2-7-19/h3-5,8H,1-2,6-7H2,(H,15,16,17,18). The number of benzene rings is 1. The van der Waals surface area contributed by atoms with E-state index in [1.165, 1.54) is 6.07 Å². The minimum Gasteiger partial charge on any atom is -0.450 e. The highest BCUT2D eigenvalue weighted by atomic mass is 16.3. The lowest BCUT2D eigenvalue weighted by molar-refractivity contribution is 0.611. The summed E-state index contributed by atoms with van der Waals surface area (Å²) in [4.78, 5) is 14.5. The number of hydrogen-bond donors (Lipinski definition) is 1. The summed E-state index contributed by atoms with van der Waals surface area (Å²) in [7, 11) is 0. The van der Waals surface area contributed by atoms with Gasteiger partial charge in [-0.25, -0.2) is 0 Å². The normalized spacial score (nSPS) is 15.0. The van der Waals surface area contributed by atoms with E-state index in [1.807, 2.05) is 12.1 Å². The fraction of sp³-hybridized carbons (Fsp3) is 0.286. The van der Waals surface area contributed by atoms with E-state index in [1.54, 1.807) is 6.07 Å². The van der Waals surface area contributed by atoms with E-state index in [0.717, 1.165) is 31.6 Å². The van der Waals surface area contributed by atoms with Crippen molar-refractivity contribution >= 4 is 16.7 Å². The van der Waals surface area contributed by atoms with Crippen LogP contribution in [0, 0.1) is 0 Å². The van der Waals surface area contributed by atoms with Gasteiger partial charge in [-0.05, 0) is 30.2 Å². The fourth-order valence-electron chi connectivity index (χ4n) is 2.75. The Bertz CT molecular complexity index is 834. The van der Waals surface area contributed by atoms with Crippen molar-refractivity contribution in [3.63, 3.8) is 0 Å². The number of rotatable bonds is 2. The Morgan fingerprint density at radius 3 is 2.86 bits per heavy atom. The van der Waals surface area contributed by atoms with Crippen LogP contribution in [0.4, 0.5) is 5.69 Å². The summed E-state index contributed by atoms with van der Waals surface area (Å²) < 4.78 is 5.90. The van der Waals surface area contributed by atoms with Crippen LogP contribution in [0.2, 0.25) is 0 Å². The molecule has 0 radical (unpaired) electrons. The summed E-state index contributed by atoms with van der Waals surface area (Å²) in [6, 6.07) is 7.05. The van der Waals surface area contributed by atoms with Crippen molar-refractivity contribution < 1.29 is 4.42 Å². The van der Waals surface area contributed by atoms with Crippen LogP contribution in [-0.4, -0.2) is 33.7 Å². The second kappa shape index (κ2) is 4.69. The first kappa shape index (κ1) is 12.1. The number of fused-ring (bicyclic) bond motifs is 1. The number of tetrazole rings is 1. The summed E-state index contributed by atoms with van der Waals surface area (Å²) in [5.41, 5.74) is 1.44. The van der Waals surface area contributed by atoms with Gasteiger partial charge >= 0.3 is 0 Å². The zero-order valence-electron chi connectivity index (χ0n) is 11.2. The number of para-hydroxylation sites is 1. The first-order valence-electron chi connectivity index (χ1n) is 6.88. The molecule has 0 atom stereocenters. The molecule has 7 nitrogen and oxygen atoms in total. The van der Waals surface area contributed by atoms with Gasteiger partial charge in [0.2, 0.25) is 5.82 Å². The minimum atomic E-state index is -0.0999.